The molecule has 0 radical (unpaired) electrons. The van der Waals surface area contributed by atoms with Crippen LogP contribution in [0.3, 0.4) is 0 Å². The quantitative estimate of drug-likeness (QED) is 0.855. The van der Waals surface area contributed by atoms with Gasteiger partial charge in [0, 0.05) is 6.54 Å². The van der Waals surface area contributed by atoms with Crippen molar-refractivity contribution < 1.29 is 4.39 Å². The molecule has 2 aromatic rings. The number of benzene rings is 1. The molecule has 6 heteroatoms. The van der Waals surface area contributed by atoms with E-state index in [-0.39, 0.29) is 11.6 Å². The molecular formula is C11H10FN5. The van der Waals surface area contributed by atoms with Gasteiger partial charge in [-0.15, -0.1) is 5.10 Å². The number of aromatic nitrogens is 3. The van der Waals surface area contributed by atoms with Crippen LogP contribution in [-0.4, -0.2) is 21.8 Å². The molecule has 0 aliphatic carbocycles. The van der Waals surface area contributed by atoms with E-state index in [1.54, 1.807) is 13.1 Å². The van der Waals surface area contributed by atoms with E-state index < -0.39 is 0 Å². The first kappa shape index (κ1) is 11.2. The fourth-order valence-electron chi connectivity index (χ4n) is 1.54. The van der Waals surface area contributed by atoms with E-state index in [9.17, 15) is 4.39 Å². The number of hydrogen-bond acceptors (Lipinski definition) is 4. The lowest BCUT2D eigenvalue weighted by atomic mass is 10.1. The monoisotopic (exact) mass is 231 g/mol. The Hall–Kier alpha value is -2.26. The van der Waals surface area contributed by atoms with E-state index in [1.807, 2.05) is 6.07 Å². The Kier molecular flexibility index (Phi) is 3.12. The van der Waals surface area contributed by atoms with Gasteiger partial charge in [-0.05, 0) is 30.8 Å². The minimum absolute atomic E-state index is 0.0877. The van der Waals surface area contributed by atoms with Crippen LogP contribution in [0.1, 0.15) is 11.4 Å². The van der Waals surface area contributed by atoms with Crippen LogP contribution < -0.4 is 5.32 Å². The maximum Gasteiger partial charge on any atom is 0.252 e. The molecule has 0 unspecified atom stereocenters. The third kappa shape index (κ3) is 2.29. The van der Waals surface area contributed by atoms with Gasteiger partial charge in [0.15, 0.2) is 0 Å². The van der Waals surface area contributed by atoms with E-state index in [0.717, 1.165) is 5.56 Å². The second kappa shape index (κ2) is 4.72. The molecule has 1 N–H and O–H groups in total. The molecule has 0 aliphatic heterocycles. The fourth-order valence-corrected chi connectivity index (χ4v) is 1.54. The second-order valence-electron chi connectivity index (χ2n) is 3.43. The van der Waals surface area contributed by atoms with Crippen molar-refractivity contribution >= 4 is 0 Å². The topological polar surface area (TPSA) is 66.5 Å². The molecule has 0 amide bonds. The molecule has 0 aliphatic rings. The molecule has 0 saturated heterocycles. The Balaban J connectivity index is 2.47. The summed E-state index contributed by atoms with van der Waals surface area (Å²) in [5.74, 6) is -0.218. The van der Waals surface area contributed by atoms with Gasteiger partial charge in [0.1, 0.15) is 18.2 Å². The Labute approximate surface area is 97.5 Å². The molecule has 1 aromatic carbocycles. The molecule has 0 bridgehead atoms. The van der Waals surface area contributed by atoms with Crippen LogP contribution in [0, 0.1) is 17.1 Å². The predicted octanol–water partition coefficient (Wildman–Crippen LogP) is 0.997. The number of nitrogens with zero attached hydrogens (tertiary/aromatic N) is 4. The van der Waals surface area contributed by atoms with Crippen LogP contribution in [0.25, 0.3) is 5.69 Å². The summed E-state index contributed by atoms with van der Waals surface area (Å²) in [4.78, 5) is 3.81. The predicted molar refractivity (Wildman–Crippen MR) is 58.8 cm³/mol. The molecule has 0 saturated carbocycles. The van der Waals surface area contributed by atoms with Gasteiger partial charge in [0.25, 0.3) is 5.82 Å². The highest BCUT2D eigenvalue weighted by molar-refractivity contribution is 5.40. The summed E-state index contributed by atoms with van der Waals surface area (Å²) >= 11 is 0. The molecule has 5 nitrogen and oxygen atoms in total. The average molecular weight is 231 g/mol. The number of nitrogens with one attached hydrogen (secondary N) is 1. The van der Waals surface area contributed by atoms with Crippen molar-refractivity contribution in [2.45, 2.75) is 6.54 Å². The molecule has 0 atom stereocenters. The fraction of sp³-hybridized carbons (Fsp3) is 0.182. The van der Waals surface area contributed by atoms with Crippen LogP contribution in [0.5, 0.6) is 0 Å². The molecule has 17 heavy (non-hydrogen) atoms. The summed E-state index contributed by atoms with van der Waals surface area (Å²) in [5.41, 5.74) is 1.46. The Bertz CT molecular complexity index is 569. The molecule has 1 heterocycles. The first-order chi connectivity index (χ1) is 8.24. The maximum atomic E-state index is 13.1. The van der Waals surface area contributed by atoms with Gasteiger partial charge in [-0.2, -0.15) is 5.26 Å². The molecule has 1 aromatic heterocycles. The molecular weight excluding hydrogens is 221 g/mol. The zero-order chi connectivity index (χ0) is 12.3. The highest BCUT2D eigenvalue weighted by Crippen LogP contribution is 2.15. The number of rotatable bonds is 3. The standard InChI is InChI=1S/C11H10FN5/c1-14-6-8-4-9(12)2-3-10(8)17-7-15-11(5-13)16-17/h2-4,7,14H,6H2,1H3. The molecule has 0 fully saturated rings. The van der Waals surface area contributed by atoms with E-state index in [0.29, 0.717) is 12.2 Å². The Morgan fingerprint density at radius 3 is 3.00 bits per heavy atom. The van der Waals surface area contributed by atoms with Crippen LogP contribution in [0.4, 0.5) is 4.39 Å². The van der Waals surface area contributed by atoms with E-state index >= 15 is 0 Å². The van der Waals surface area contributed by atoms with Gasteiger partial charge in [-0.1, -0.05) is 0 Å². The van der Waals surface area contributed by atoms with Crippen molar-refractivity contribution in [2.24, 2.45) is 0 Å². The smallest absolute Gasteiger partial charge is 0.252 e. The van der Waals surface area contributed by atoms with Crippen LogP contribution >= 0.6 is 0 Å². The summed E-state index contributed by atoms with van der Waals surface area (Å²) in [6.45, 7) is 0.509. The van der Waals surface area contributed by atoms with E-state index in [2.05, 4.69) is 15.4 Å². The largest absolute Gasteiger partial charge is 0.316 e. The van der Waals surface area contributed by atoms with Gasteiger partial charge in [0.2, 0.25) is 0 Å². The normalized spacial score (nSPS) is 10.2. The zero-order valence-corrected chi connectivity index (χ0v) is 9.18. The number of hydrogen-bond donors (Lipinski definition) is 1. The first-order valence-corrected chi connectivity index (χ1v) is 4.99. The van der Waals surface area contributed by atoms with Gasteiger partial charge in [0.05, 0.1) is 5.69 Å². The van der Waals surface area contributed by atoms with Crippen molar-refractivity contribution in [1.29, 1.82) is 5.26 Å². The summed E-state index contributed by atoms with van der Waals surface area (Å²) in [6, 6.07) is 6.24. The lowest BCUT2D eigenvalue weighted by molar-refractivity contribution is 0.622. The van der Waals surface area contributed by atoms with Crippen LogP contribution in [0.2, 0.25) is 0 Å². The van der Waals surface area contributed by atoms with Crippen molar-refractivity contribution in [3.8, 4) is 11.8 Å². The zero-order valence-electron chi connectivity index (χ0n) is 9.18. The lowest BCUT2D eigenvalue weighted by Crippen LogP contribution is -2.10. The highest BCUT2D eigenvalue weighted by Gasteiger charge is 2.08. The van der Waals surface area contributed by atoms with Crippen molar-refractivity contribution in [1.82, 2.24) is 20.1 Å². The lowest BCUT2D eigenvalue weighted by Gasteiger charge is -2.08. The average Bonchev–Trinajstić information content (AvgIpc) is 2.78. The Morgan fingerprint density at radius 2 is 2.35 bits per heavy atom. The van der Waals surface area contributed by atoms with Gasteiger partial charge >= 0.3 is 0 Å². The number of halogens is 1. The second-order valence-corrected chi connectivity index (χ2v) is 3.43. The molecule has 0 spiro atoms. The minimum Gasteiger partial charge on any atom is -0.316 e. The van der Waals surface area contributed by atoms with Gasteiger partial charge in [-0.3, -0.25) is 0 Å². The first-order valence-electron chi connectivity index (χ1n) is 4.99. The summed E-state index contributed by atoms with van der Waals surface area (Å²) in [6.07, 6.45) is 1.44. The van der Waals surface area contributed by atoms with Crippen LogP contribution in [0.15, 0.2) is 24.5 Å². The molecule has 86 valence electrons. The third-order valence-corrected chi connectivity index (χ3v) is 2.25. The number of nitriles is 1. The van der Waals surface area contributed by atoms with Gasteiger partial charge in [-0.25, -0.2) is 14.1 Å². The maximum absolute atomic E-state index is 13.1. The Morgan fingerprint density at radius 1 is 1.53 bits per heavy atom. The van der Waals surface area contributed by atoms with Crippen LogP contribution in [-0.2, 0) is 6.54 Å². The van der Waals surface area contributed by atoms with Crippen molar-refractivity contribution in [3.05, 3.63) is 41.7 Å². The summed E-state index contributed by atoms with van der Waals surface area (Å²) < 4.78 is 14.6. The summed E-state index contributed by atoms with van der Waals surface area (Å²) in [7, 11) is 1.77. The van der Waals surface area contributed by atoms with E-state index in [1.165, 1.54) is 23.1 Å². The SMILES string of the molecule is CNCc1cc(F)ccc1-n1cnc(C#N)n1. The molecule has 2 rings (SSSR count). The van der Waals surface area contributed by atoms with E-state index in [4.69, 9.17) is 5.26 Å². The minimum atomic E-state index is -0.306. The third-order valence-electron chi connectivity index (χ3n) is 2.25. The van der Waals surface area contributed by atoms with Crippen molar-refractivity contribution in [2.75, 3.05) is 7.05 Å². The summed E-state index contributed by atoms with van der Waals surface area (Å²) in [5, 5.41) is 15.6. The van der Waals surface area contributed by atoms with Gasteiger partial charge < -0.3 is 5.32 Å². The highest BCUT2D eigenvalue weighted by atomic mass is 19.1. The van der Waals surface area contributed by atoms with Crippen molar-refractivity contribution in [3.63, 3.8) is 0 Å².